The molecule has 0 heterocycles. The van der Waals surface area contributed by atoms with Gasteiger partial charge in [-0.3, -0.25) is 4.79 Å². The van der Waals surface area contributed by atoms with Crippen LogP contribution in [0.5, 0.6) is 0 Å². The van der Waals surface area contributed by atoms with E-state index in [0.29, 0.717) is 5.56 Å². The molecule has 15 heavy (non-hydrogen) atoms. The van der Waals surface area contributed by atoms with E-state index in [9.17, 15) is 9.59 Å². The fourth-order valence-corrected chi connectivity index (χ4v) is 1.37. The quantitative estimate of drug-likeness (QED) is 0.551. The van der Waals surface area contributed by atoms with E-state index in [1.54, 1.807) is 12.1 Å². The minimum atomic E-state index is -0.585. The van der Waals surface area contributed by atoms with Crippen molar-refractivity contribution < 1.29 is 14.3 Å². The first kappa shape index (κ1) is 11.4. The van der Waals surface area contributed by atoms with Crippen LogP contribution in [0.4, 0.5) is 0 Å². The van der Waals surface area contributed by atoms with Crippen molar-refractivity contribution in [3.8, 4) is 0 Å². The number of carbonyl (C=O) groups is 2. The monoisotopic (exact) mass is 206 g/mol. The van der Waals surface area contributed by atoms with Gasteiger partial charge in [0.2, 0.25) is 0 Å². The normalized spacial score (nSPS) is 10.1. The second-order valence-electron chi connectivity index (χ2n) is 3.62. The molecular formula is C12H14O3. The van der Waals surface area contributed by atoms with E-state index >= 15 is 0 Å². The number of hydrogen-bond donors (Lipinski definition) is 0. The summed E-state index contributed by atoms with van der Waals surface area (Å²) >= 11 is 0. The molecule has 3 nitrogen and oxygen atoms in total. The summed E-state index contributed by atoms with van der Waals surface area (Å²) in [5.41, 5.74) is 1.35. The first-order valence-corrected chi connectivity index (χ1v) is 4.84. The Morgan fingerprint density at radius 2 is 1.80 bits per heavy atom. The maximum Gasteiger partial charge on any atom is 0.346 e. The zero-order valence-corrected chi connectivity index (χ0v) is 9.11. The van der Waals surface area contributed by atoms with E-state index in [1.165, 1.54) is 6.92 Å². The molecule has 3 heteroatoms. The summed E-state index contributed by atoms with van der Waals surface area (Å²) in [6.45, 7) is 5.19. The van der Waals surface area contributed by atoms with Gasteiger partial charge in [0.15, 0.2) is 0 Å². The van der Waals surface area contributed by atoms with Gasteiger partial charge in [0.1, 0.15) is 0 Å². The van der Waals surface area contributed by atoms with E-state index < -0.39 is 11.9 Å². The molecule has 0 amide bonds. The van der Waals surface area contributed by atoms with Crippen molar-refractivity contribution in [2.24, 2.45) is 0 Å². The molecule has 0 N–H and O–H groups in total. The Kier molecular flexibility index (Phi) is 3.61. The lowest BCUT2D eigenvalue weighted by Gasteiger charge is -2.10. The molecule has 0 aliphatic rings. The Bertz CT molecular complexity index is 380. The van der Waals surface area contributed by atoms with Crippen molar-refractivity contribution in [1.29, 1.82) is 0 Å². The third-order valence-electron chi connectivity index (χ3n) is 2.04. The largest absolute Gasteiger partial charge is 0.390 e. The van der Waals surface area contributed by atoms with Crippen molar-refractivity contribution >= 4 is 11.9 Å². The van der Waals surface area contributed by atoms with Gasteiger partial charge in [-0.25, -0.2) is 4.79 Å². The number of carbonyl (C=O) groups excluding carboxylic acids is 2. The van der Waals surface area contributed by atoms with E-state index in [4.69, 9.17) is 0 Å². The number of esters is 2. The maximum absolute atomic E-state index is 11.5. The van der Waals surface area contributed by atoms with Gasteiger partial charge >= 0.3 is 11.9 Å². The first-order chi connectivity index (χ1) is 7.02. The van der Waals surface area contributed by atoms with Crippen molar-refractivity contribution in [2.45, 2.75) is 26.7 Å². The predicted octanol–water partition coefficient (Wildman–Crippen LogP) is 2.51. The molecule has 0 spiro atoms. The van der Waals surface area contributed by atoms with Gasteiger partial charge in [0.25, 0.3) is 0 Å². The Hall–Kier alpha value is -1.64. The van der Waals surface area contributed by atoms with Crippen LogP contribution in [-0.4, -0.2) is 11.9 Å². The van der Waals surface area contributed by atoms with Crippen LogP contribution < -0.4 is 0 Å². The molecule has 0 aromatic heterocycles. The molecule has 0 radical (unpaired) electrons. The van der Waals surface area contributed by atoms with Crippen LogP contribution in [0.25, 0.3) is 0 Å². The summed E-state index contributed by atoms with van der Waals surface area (Å²) < 4.78 is 4.55. The topological polar surface area (TPSA) is 43.4 Å². The fraction of sp³-hybridized carbons (Fsp3) is 0.333. The highest BCUT2D eigenvalue weighted by Gasteiger charge is 2.15. The third kappa shape index (κ3) is 2.91. The van der Waals surface area contributed by atoms with Crippen LogP contribution in [0.2, 0.25) is 0 Å². The van der Waals surface area contributed by atoms with E-state index in [2.05, 4.69) is 4.74 Å². The zero-order valence-electron chi connectivity index (χ0n) is 9.11. The molecule has 0 saturated carbocycles. The average molecular weight is 206 g/mol. The van der Waals surface area contributed by atoms with E-state index in [1.807, 2.05) is 26.0 Å². The minimum absolute atomic E-state index is 0.223. The highest BCUT2D eigenvalue weighted by molar-refractivity contribution is 5.97. The standard InChI is InChI=1S/C12H14O3/c1-8(2)10-6-4-5-7-11(10)12(14)15-9(3)13/h4-8H,1-3H3. The first-order valence-electron chi connectivity index (χ1n) is 4.84. The molecule has 0 saturated heterocycles. The van der Waals surface area contributed by atoms with Gasteiger partial charge in [-0.1, -0.05) is 32.0 Å². The van der Waals surface area contributed by atoms with Crippen LogP contribution in [0, 0.1) is 0 Å². The van der Waals surface area contributed by atoms with Crippen molar-refractivity contribution in [2.75, 3.05) is 0 Å². The summed E-state index contributed by atoms with van der Waals surface area (Å²) in [5.74, 6) is -0.939. The highest BCUT2D eigenvalue weighted by Crippen LogP contribution is 2.19. The number of hydrogen-bond acceptors (Lipinski definition) is 3. The van der Waals surface area contributed by atoms with Crippen molar-refractivity contribution in [1.82, 2.24) is 0 Å². The zero-order chi connectivity index (χ0) is 11.4. The molecule has 0 unspecified atom stereocenters. The highest BCUT2D eigenvalue weighted by atomic mass is 16.6. The Morgan fingerprint density at radius 3 is 2.33 bits per heavy atom. The summed E-state index contributed by atoms with van der Waals surface area (Å²) in [6.07, 6.45) is 0. The second-order valence-corrected chi connectivity index (χ2v) is 3.62. The predicted molar refractivity (Wildman–Crippen MR) is 56.6 cm³/mol. The van der Waals surface area contributed by atoms with Crippen LogP contribution >= 0.6 is 0 Å². The van der Waals surface area contributed by atoms with Crippen molar-refractivity contribution in [3.63, 3.8) is 0 Å². The van der Waals surface area contributed by atoms with E-state index in [0.717, 1.165) is 5.56 Å². The molecule has 0 bridgehead atoms. The minimum Gasteiger partial charge on any atom is -0.390 e. The maximum atomic E-state index is 11.5. The van der Waals surface area contributed by atoms with Gasteiger partial charge in [-0.15, -0.1) is 0 Å². The van der Waals surface area contributed by atoms with Crippen LogP contribution in [0.3, 0.4) is 0 Å². The van der Waals surface area contributed by atoms with Crippen LogP contribution in [0.15, 0.2) is 24.3 Å². The number of benzene rings is 1. The van der Waals surface area contributed by atoms with Gasteiger partial charge in [0, 0.05) is 6.92 Å². The third-order valence-corrected chi connectivity index (χ3v) is 2.04. The van der Waals surface area contributed by atoms with Gasteiger partial charge in [0.05, 0.1) is 5.56 Å². The van der Waals surface area contributed by atoms with Gasteiger partial charge in [-0.05, 0) is 17.5 Å². The Labute approximate surface area is 89.1 Å². The van der Waals surface area contributed by atoms with Gasteiger partial charge in [-0.2, -0.15) is 0 Å². The van der Waals surface area contributed by atoms with E-state index in [-0.39, 0.29) is 5.92 Å². The summed E-state index contributed by atoms with van der Waals surface area (Å²) in [6, 6.07) is 7.14. The molecule has 0 fully saturated rings. The molecular weight excluding hydrogens is 192 g/mol. The SMILES string of the molecule is CC(=O)OC(=O)c1ccccc1C(C)C. The average Bonchev–Trinajstić information content (AvgIpc) is 2.16. The molecule has 0 aliphatic carbocycles. The lowest BCUT2D eigenvalue weighted by Crippen LogP contribution is -2.12. The molecule has 0 atom stereocenters. The lowest BCUT2D eigenvalue weighted by atomic mass is 9.97. The number of ether oxygens (including phenoxy) is 1. The Balaban J connectivity index is 3.02. The smallest absolute Gasteiger partial charge is 0.346 e. The summed E-state index contributed by atoms with van der Waals surface area (Å²) in [7, 11) is 0. The van der Waals surface area contributed by atoms with Crippen LogP contribution in [-0.2, 0) is 9.53 Å². The summed E-state index contributed by atoms with van der Waals surface area (Å²) in [5, 5.41) is 0. The molecule has 1 aromatic rings. The lowest BCUT2D eigenvalue weighted by molar-refractivity contribution is -0.135. The van der Waals surface area contributed by atoms with Crippen molar-refractivity contribution in [3.05, 3.63) is 35.4 Å². The molecule has 1 rings (SSSR count). The molecule has 80 valence electrons. The molecule has 0 aliphatic heterocycles. The van der Waals surface area contributed by atoms with Crippen LogP contribution in [0.1, 0.15) is 42.6 Å². The Morgan fingerprint density at radius 1 is 1.20 bits per heavy atom. The molecule has 1 aromatic carbocycles. The summed E-state index contributed by atoms with van der Waals surface area (Å²) in [4.78, 5) is 22.2. The van der Waals surface area contributed by atoms with Gasteiger partial charge < -0.3 is 4.74 Å². The second kappa shape index (κ2) is 4.73. The fourth-order valence-electron chi connectivity index (χ4n) is 1.37. The number of rotatable bonds is 2.